The van der Waals surface area contributed by atoms with Crippen LogP contribution in [0.25, 0.3) is 0 Å². The Bertz CT molecular complexity index is 767. The second kappa shape index (κ2) is 9.52. The zero-order chi connectivity index (χ0) is 21.0. The molecule has 3 rings (SSSR count). The lowest BCUT2D eigenvalue weighted by molar-refractivity contribution is -0.127. The van der Waals surface area contributed by atoms with Crippen LogP contribution in [-0.2, 0) is 22.6 Å². The molecule has 0 saturated carbocycles. The molecule has 1 atom stereocenters. The van der Waals surface area contributed by atoms with Gasteiger partial charge in [0.15, 0.2) is 5.82 Å². The van der Waals surface area contributed by atoms with Gasteiger partial charge in [0.05, 0.1) is 12.6 Å². The molecule has 1 aliphatic carbocycles. The molecule has 2 amide bonds. The Hall–Kier alpha value is -2.22. The summed E-state index contributed by atoms with van der Waals surface area (Å²) in [5, 5.41) is 12.0. The Balaban J connectivity index is 1.74. The zero-order valence-corrected chi connectivity index (χ0v) is 18.1. The Morgan fingerprint density at radius 1 is 1.17 bits per heavy atom. The van der Waals surface area contributed by atoms with Crippen LogP contribution in [0.3, 0.4) is 0 Å². The molecule has 2 aliphatic rings. The van der Waals surface area contributed by atoms with E-state index in [1.807, 2.05) is 23.9 Å². The van der Waals surface area contributed by atoms with Crippen LogP contribution in [0.1, 0.15) is 57.2 Å². The van der Waals surface area contributed by atoms with Crippen molar-refractivity contribution in [1.82, 2.24) is 29.9 Å². The Morgan fingerprint density at radius 3 is 2.62 bits per heavy atom. The highest BCUT2D eigenvalue weighted by Gasteiger charge is 2.28. The maximum absolute atomic E-state index is 12.8. The first-order chi connectivity index (χ1) is 13.8. The molecule has 0 radical (unpaired) electrons. The number of rotatable bonds is 7. The first kappa shape index (κ1) is 21.5. The summed E-state index contributed by atoms with van der Waals surface area (Å²) in [6, 6.07) is -0.177. The molecule has 1 aromatic heterocycles. The van der Waals surface area contributed by atoms with E-state index >= 15 is 0 Å². The number of nitrogens with zero attached hydrogens (tertiary/aromatic N) is 5. The summed E-state index contributed by atoms with van der Waals surface area (Å²) in [5.74, 6) is 2.25. The molecular weight excluding hydrogens is 368 g/mol. The molecule has 8 nitrogen and oxygen atoms in total. The molecule has 0 saturated heterocycles. The number of nitrogens with one attached hydrogen (secondary N) is 1. The van der Waals surface area contributed by atoms with E-state index in [2.05, 4.69) is 40.0 Å². The van der Waals surface area contributed by atoms with Crippen molar-refractivity contribution in [1.29, 1.82) is 0 Å². The fourth-order valence-corrected chi connectivity index (χ4v) is 4.10. The van der Waals surface area contributed by atoms with Gasteiger partial charge in [-0.1, -0.05) is 19.9 Å². The summed E-state index contributed by atoms with van der Waals surface area (Å²) in [4.78, 5) is 29.0. The van der Waals surface area contributed by atoms with Gasteiger partial charge in [-0.25, -0.2) is 0 Å². The number of amides is 2. The largest absolute Gasteiger partial charge is 0.345 e. The zero-order valence-electron chi connectivity index (χ0n) is 18.1. The van der Waals surface area contributed by atoms with Crippen molar-refractivity contribution in [3.63, 3.8) is 0 Å². The van der Waals surface area contributed by atoms with Gasteiger partial charge in [0.25, 0.3) is 0 Å². The van der Waals surface area contributed by atoms with Gasteiger partial charge in [0.2, 0.25) is 11.8 Å². The van der Waals surface area contributed by atoms with E-state index in [4.69, 9.17) is 0 Å². The quantitative estimate of drug-likeness (QED) is 0.748. The van der Waals surface area contributed by atoms with E-state index in [1.54, 1.807) is 0 Å². The van der Waals surface area contributed by atoms with Gasteiger partial charge in [-0.05, 0) is 45.7 Å². The number of aromatic nitrogens is 3. The van der Waals surface area contributed by atoms with E-state index in [1.165, 1.54) is 0 Å². The normalized spacial score (nSPS) is 17.9. The minimum atomic E-state index is -0.177. The summed E-state index contributed by atoms with van der Waals surface area (Å²) >= 11 is 0. The van der Waals surface area contributed by atoms with Crippen molar-refractivity contribution in [2.24, 2.45) is 5.92 Å². The van der Waals surface area contributed by atoms with E-state index in [0.29, 0.717) is 38.5 Å². The van der Waals surface area contributed by atoms with Gasteiger partial charge in [-0.2, -0.15) is 0 Å². The summed E-state index contributed by atoms with van der Waals surface area (Å²) in [6.45, 7) is 6.59. The molecule has 0 fully saturated rings. The van der Waals surface area contributed by atoms with Crippen LogP contribution in [0.2, 0.25) is 0 Å². The van der Waals surface area contributed by atoms with Crippen LogP contribution in [0.5, 0.6) is 0 Å². The van der Waals surface area contributed by atoms with Crippen LogP contribution in [0.4, 0.5) is 0 Å². The molecule has 0 spiro atoms. The molecule has 2 heterocycles. The molecule has 160 valence electrons. The van der Waals surface area contributed by atoms with E-state index in [9.17, 15) is 9.59 Å². The highest BCUT2D eigenvalue weighted by Crippen LogP contribution is 2.24. The standard InChI is InChI=1S/C21H34N6O2/c1-15(2)13-17(22-19(28)14-25(3)4)20-24-23-18-9-10-26(11-12-27(18)20)21(29)16-7-5-6-8-16/h7,15,17H,5-6,8-14H2,1-4H3,(H,22,28)/t17-/m0/s1. The third-order valence-electron chi connectivity index (χ3n) is 5.47. The SMILES string of the molecule is CC(C)C[C@H](NC(=O)CN(C)C)c1nnc2n1CCN(C(=O)C1=CCCC1)CC2. The predicted octanol–water partition coefficient (Wildman–Crippen LogP) is 1.54. The Kier molecular flexibility index (Phi) is 7.05. The molecule has 1 aliphatic heterocycles. The molecule has 1 aromatic rings. The number of fused-ring (bicyclic) bond motifs is 1. The average molecular weight is 403 g/mol. The van der Waals surface area contributed by atoms with Gasteiger partial charge in [-0.3, -0.25) is 9.59 Å². The van der Waals surface area contributed by atoms with Gasteiger partial charge < -0.3 is 19.7 Å². The molecule has 8 heteroatoms. The van der Waals surface area contributed by atoms with Gasteiger partial charge in [-0.15, -0.1) is 10.2 Å². The number of allylic oxidation sites excluding steroid dienone is 1. The van der Waals surface area contributed by atoms with Crippen LogP contribution in [0, 0.1) is 5.92 Å². The lowest BCUT2D eigenvalue weighted by Gasteiger charge is -2.23. The smallest absolute Gasteiger partial charge is 0.249 e. The van der Waals surface area contributed by atoms with Crippen molar-refractivity contribution in [2.75, 3.05) is 33.7 Å². The van der Waals surface area contributed by atoms with E-state index < -0.39 is 0 Å². The van der Waals surface area contributed by atoms with Crippen molar-refractivity contribution >= 4 is 11.8 Å². The summed E-state index contributed by atoms with van der Waals surface area (Å²) in [7, 11) is 3.76. The maximum Gasteiger partial charge on any atom is 0.249 e. The number of likely N-dealkylation sites (N-methyl/N-ethyl adjacent to an activating group) is 1. The third kappa shape index (κ3) is 5.44. The summed E-state index contributed by atoms with van der Waals surface area (Å²) < 4.78 is 2.11. The minimum absolute atomic E-state index is 0.0170. The van der Waals surface area contributed by atoms with Gasteiger partial charge in [0.1, 0.15) is 5.82 Å². The van der Waals surface area contributed by atoms with Gasteiger partial charge in [0, 0.05) is 31.6 Å². The van der Waals surface area contributed by atoms with E-state index in [0.717, 1.165) is 42.9 Å². The number of hydrogen-bond donors (Lipinski definition) is 1. The van der Waals surface area contributed by atoms with Crippen molar-refractivity contribution in [3.8, 4) is 0 Å². The lowest BCUT2D eigenvalue weighted by Crippen LogP contribution is -2.38. The Labute approximate surface area is 173 Å². The molecule has 29 heavy (non-hydrogen) atoms. The predicted molar refractivity (Wildman–Crippen MR) is 111 cm³/mol. The van der Waals surface area contributed by atoms with Crippen molar-refractivity contribution < 1.29 is 9.59 Å². The molecule has 0 unspecified atom stereocenters. The topological polar surface area (TPSA) is 83.4 Å². The van der Waals surface area contributed by atoms with Crippen LogP contribution in [-0.4, -0.2) is 70.1 Å². The van der Waals surface area contributed by atoms with Crippen LogP contribution in [0.15, 0.2) is 11.6 Å². The second-order valence-corrected chi connectivity index (χ2v) is 8.78. The number of carbonyl (C=O) groups excluding carboxylic acids is 2. The molecule has 0 aromatic carbocycles. The molecule has 0 bridgehead atoms. The van der Waals surface area contributed by atoms with Gasteiger partial charge >= 0.3 is 0 Å². The van der Waals surface area contributed by atoms with Crippen molar-refractivity contribution in [3.05, 3.63) is 23.3 Å². The average Bonchev–Trinajstić information content (AvgIpc) is 3.26. The summed E-state index contributed by atoms with van der Waals surface area (Å²) in [6.07, 6.45) is 6.54. The van der Waals surface area contributed by atoms with Crippen LogP contribution < -0.4 is 5.32 Å². The van der Waals surface area contributed by atoms with Crippen LogP contribution >= 0.6 is 0 Å². The highest BCUT2D eigenvalue weighted by molar-refractivity contribution is 5.93. The number of hydrogen-bond acceptors (Lipinski definition) is 5. The lowest BCUT2D eigenvalue weighted by atomic mass is 10.0. The fourth-order valence-electron chi connectivity index (χ4n) is 4.10. The fraction of sp³-hybridized carbons (Fsp3) is 0.714. The molecular formula is C21H34N6O2. The Morgan fingerprint density at radius 2 is 1.97 bits per heavy atom. The molecule has 1 N–H and O–H groups in total. The number of carbonyl (C=O) groups is 2. The maximum atomic E-state index is 12.8. The first-order valence-electron chi connectivity index (χ1n) is 10.7. The highest BCUT2D eigenvalue weighted by atomic mass is 16.2. The first-order valence-corrected chi connectivity index (χ1v) is 10.7. The summed E-state index contributed by atoms with van der Waals surface area (Å²) in [5.41, 5.74) is 0.955. The third-order valence-corrected chi connectivity index (χ3v) is 5.47. The second-order valence-electron chi connectivity index (χ2n) is 8.78. The van der Waals surface area contributed by atoms with Crippen molar-refractivity contribution in [2.45, 2.75) is 58.5 Å². The van der Waals surface area contributed by atoms with E-state index in [-0.39, 0.29) is 17.9 Å². The minimum Gasteiger partial charge on any atom is -0.345 e. The monoisotopic (exact) mass is 402 g/mol.